The van der Waals surface area contributed by atoms with Crippen LogP contribution in [0.5, 0.6) is 5.75 Å². The van der Waals surface area contributed by atoms with Crippen LogP contribution in [0.4, 0.5) is 10.2 Å². The van der Waals surface area contributed by atoms with Gasteiger partial charge in [0.05, 0.1) is 6.54 Å². The molecule has 2 aromatic carbocycles. The minimum absolute atomic E-state index is 0.257. The summed E-state index contributed by atoms with van der Waals surface area (Å²) in [6, 6.07) is 18.2. The molecule has 0 saturated heterocycles. The van der Waals surface area contributed by atoms with Gasteiger partial charge in [-0.15, -0.1) is 0 Å². The molecule has 0 bridgehead atoms. The first-order valence-electron chi connectivity index (χ1n) is 8.42. The van der Waals surface area contributed by atoms with Crippen molar-refractivity contribution in [3.8, 4) is 5.75 Å². The molecule has 0 unspecified atom stereocenters. The number of amides is 1. The Bertz CT molecular complexity index is 904. The van der Waals surface area contributed by atoms with Crippen molar-refractivity contribution < 1.29 is 13.9 Å². The summed E-state index contributed by atoms with van der Waals surface area (Å²) in [4.78, 5) is 18.9. The molecular weight excluding hydrogens is 367 g/mol. The van der Waals surface area contributed by atoms with Crippen molar-refractivity contribution in [2.24, 2.45) is 0 Å². The van der Waals surface area contributed by atoms with Crippen molar-refractivity contribution >= 4 is 23.3 Å². The van der Waals surface area contributed by atoms with Crippen molar-refractivity contribution in [1.82, 2.24) is 4.98 Å². The highest BCUT2D eigenvalue weighted by Crippen LogP contribution is 2.22. The first-order chi connectivity index (χ1) is 13.0. The summed E-state index contributed by atoms with van der Waals surface area (Å²) in [6.07, 6.45) is 0.827. The molecule has 0 spiro atoms. The minimum atomic E-state index is -0.792. The highest BCUT2D eigenvalue weighted by Gasteiger charge is 2.25. The lowest BCUT2D eigenvalue weighted by Crippen LogP contribution is -2.40. The average Bonchev–Trinajstić information content (AvgIpc) is 2.69. The summed E-state index contributed by atoms with van der Waals surface area (Å²) < 4.78 is 18.7. The Morgan fingerprint density at radius 2 is 1.81 bits per heavy atom. The van der Waals surface area contributed by atoms with Gasteiger partial charge in [-0.2, -0.15) is 0 Å². The standard InChI is InChI=1S/C21H18ClFN2O2/c1-15(27-18-11-9-17(23)10-12-18)21(26)25(20-8-4-5-13-24-20)14-16-6-2-3-7-19(16)22/h2-13,15H,14H2,1H3/t15-/m0/s1. The van der Waals surface area contributed by atoms with E-state index in [2.05, 4.69) is 4.98 Å². The highest BCUT2D eigenvalue weighted by atomic mass is 35.5. The number of ether oxygens (including phenoxy) is 1. The fraction of sp³-hybridized carbons (Fsp3) is 0.143. The molecule has 0 radical (unpaired) electrons. The van der Waals surface area contributed by atoms with Gasteiger partial charge in [0.1, 0.15) is 17.4 Å². The Kier molecular flexibility index (Phi) is 6.04. The highest BCUT2D eigenvalue weighted by molar-refractivity contribution is 6.31. The lowest BCUT2D eigenvalue weighted by Gasteiger charge is -2.26. The maximum absolute atomic E-state index is 13.1. The van der Waals surface area contributed by atoms with Crippen LogP contribution in [-0.4, -0.2) is 17.0 Å². The van der Waals surface area contributed by atoms with E-state index >= 15 is 0 Å². The lowest BCUT2D eigenvalue weighted by atomic mass is 10.2. The van der Waals surface area contributed by atoms with Gasteiger partial charge in [-0.3, -0.25) is 9.69 Å². The number of nitrogens with zero attached hydrogens (tertiary/aromatic N) is 2. The normalized spacial score (nSPS) is 11.7. The number of hydrogen-bond donors (Lipinski definition) is 0. The van der Waals surface area contributed by atoms with Gasteiger partial charge < -0.3 is 4.74 Å². The van der Waals surface area contributed by atoms with E-state index in [1.54, 1.807) is 37.4 Å². The van der Waals surface area contributed by atoms with Gasteiger partial charge in [0, 0.05) is 11.2 Å². The van der Waals surface area contributed by atoms with Crippen LogP contribution in [-0.2, 0) is 11.3 Å². The number of hydrogen-bond acceptors (Lipinski definition) is 3. The number of aromatic nitrogens is 1. The van der Waals surface area contributed by atoms with Crippen LogP contribution >= 0.6 is 11.6 Å². The van der Waals surface area contributed by atoms with Gasteiger partial charge in [0.15, 0.2) is 6.10 Å². The number of anilines is 1. The number of rotatable bonds is 6. The van der Waals surface area contributed by atoms with E-state index in [0.717, 1.165) is 5.56 Å². The predicted octanol–water partition coefficient (Wildman–Crippen LogP) is 4.87. The molecule has 138 valence electrons. The van der Waals surface area contributed by atoms with E-state index < -0.39 is 6.10 Å². The fourth-order valence-corrected chi connectivity index (χ4v) is 2.76. The summed E-state index contributed by atoms with van der Waals surface area (Å²) in [5.74, 6) is 0.265. The zero-order valence-corrected chi connectivity index (χ0v) is 15.4. The van der Waals surface area contributed by atoms with E-state index in [-0.39, 0.29) is 18.3 Å². The minimum Gasteiger partial charge on any atom is -0.481 e. The average molecular weight is 385 g/mol. The van der Waals surface area contributed by atoms with Crippen LogP contribution in [0.15, 0.2) is 72.9 Å². The predicted molar refractivity (Wildman–Crippen MR) is 103 cm³/mol. The van der Waals surface area contributed by atoms with Gasteiger partial charge in [-0.25, -0.2) is 9.37 Å². The molecule has 6 heteroatoms. The van der Waals surface area contributed by atoms with Gasteiger partial charge in [0.25, 0.3) is 5.91 Å². The Morgan fingerprint density at radius 1 is 1.11 bits per heavy atom. The van der Waals surface area contributed by atoms with Gasteiger partial charge in [-0.05, 0) is 55.0 Å². The zero-order chi connectivity index (χ0) is 19.2. The number of carbonyl (C=O) groups is 1. The van der Waals surface area contributed by atoms with E-state index in [9.17, 15) is 9.18 Å². The van der Waals surface area contributed by atoms with Crippen molar-refractivity contribution in [1.29, 1.82) is 0 Å². The Hall–Kier alpha value is -2.92. The lowest BCUT2D eigenvalue weighted by molar-refractivity contribution is -0.124. The van der Waals surface area contributed by atoms with Crippen molar-refractivity contribution in [3.05, 3.63) is 89.3 Å². The molecule has 1 aromatic heterocycles. The van der Waals surface area contributed by atoms with Crippen LogP contribution in [0.25, 0.3) is 0 Å². The number of halogens is 2. The second-order valence-electron chi connectivity index (χ2n) is 5.92. The third kappa shape index (κ3) is 4.83. The van der Waals surface area contributed by atoms with Crippen LogP contribution < -0.4 is 9.64 Å². The number of carbonyl (C=O) groups excluding carboxylic acids is 1. The molecule has 27 heavy (non-hydrogen) atoms. The fourth-order valence-electron chi connectivity index (χ4n) is 2.57. The van der Waals surface area contributed by atoms with Crippen LogP contribution in [0.3, 0.4) is 0 Å². The third-order valence-corrected chi connectivity index (χ3v) is 4.32. The van der Waals surface area contributed by atoms with Crippen molar-refractivity contribution in [2.75, 3.05) is 4.90 Å². The van der Waals surface area contributed by atoms with Crippen molar-refractivity contribution in [2.45, 2.75) is 19.6 Å². The SMILES string of the molecule is C[C@H](Oc1ccc(F)cc1)C(=O)N(Cc1ccccc1Cl)c1ccccn1. The molecule has 1 heterocycles. The smallest absolute Gasteiger partial charge is 0.269 e. The number of benzene rings is 2. The zero-order valence-electron chi connectivity index (χ0n) is 14.7. The molecule has 4 nitrogen and oxygen atoms in total. The Labute approximate surface area is 162 Å². The van der Waals surface area contributed by atoms with Crippen LogP contribution in [0, 0.1) is 5.82 Å². The van der Waals surface area contributed by atoms with Crippen LogP contribution in [0.1, 0.15) is 12.5 Å². The first-order valence-corrected chi connectivity index (χ1v) is 8.80. The summed E-state index contributed by atoms with van der Waals surface area (Å²) in [5.41, 5.74) is 0.798. The van der Waals surface area contributed by atoms with E-state index in [4.69, 9.17) is 16.3 Å². The molecule has 0 fully saturated rings. The topological polar surface area (TPSA) is 42.4 Å². The monoisotopic (exact) mass is 384 g/mol. The van der Waals surface area contributed by atoms with Crippen LogP contribution in [0.2, 0.25) is 5.02 Å². The molecule has 1 amide bonds. The van der Waals surface area contributed by atoms with E-state index in [1.165, 1.54) is 29.2 Å². The maximum Gasteiger partial charge on any atom is 0.269 e. The van der Waals surface area contributed by atoms with Gasteiger partial charge >= 0.3 is 0 Å². The molecule has 0 N–H and O–H groups in total. The number of pyridine rings is 1. The maximum atomic E-state index is 13.1. The summed E-state index contributed by atoms with van der Waals surface area (Å²) >= 11 is 6.26. The van der Waals surface area contributed by atoms with Gasteiger partial charge in [0.2, 0.25) is 0 Å². The van der Waals surface area contributed by atoms with Crippen molar-refractivity contribution in [3.63, 3.8) is 0 Å². The first kappa shape index (κ1) is 18.9. The summed E-state index contributed by atoms with van der Waals surface area (Å²) in [6.45, 7) is 1.90. The largest absolute Gasteiger partial charge is 0.481 e. The summed E-state index contributed by atoms with van der Waals surface area (Å²) in [7, 11) is 0. The molecular formula is C21H18ClFN2O2. The Balaban J connectivity index is 1.84. The molecule has 0 saturated carbocycles. The van der Waals surface area contributed by atoms with E-state index in [0.29, 0.717) is 16.6 Å². The molecule has 0 aliphatic carbocycles. The molecule has 3 rings (SSSR count). The quantitative estimate of drug-likeness (QED) is 0.608. The molecule has 1 atom stereocenters. The Morgan fingerprint density at radius 3 is 2.48 bits per heavy atom. The van der Waals surface area contributed by atoms with Gasteiger partial charge in [-0.1, -0.05) is 35.9 Å². The molecule has 3 aromatic rings. The second kappa shape index (κ2) is 8.64. The van der Waals surface area contributed by atoms with E-state index in [1.807, 2.05) is 18.2 Å². The third-order valence-electron chi connectivity index (χ3n) is 3.95. The summed E-state index contributed by atoms with van der Waals surface area (Å²) in [5, 5.41) is 0.568. The second-order valence-corrected chi connectivity index (χ2v) is 6.32. The molecule has 0 aliphatic heterocycles. The molecule has 0 aliphatic rings.